The zero-order chi connectivity index (χ0) is 20.8. The summed E-state index contributed by atoms with van der Waals surface area (Å²) in [5.41, 5.74) is 3.95. The van der Waals surface area contributed by atoms with Crippen molar-refractivity contribution in [3.8, 4) is 11.5 Å². The van der Waals surface area contributed by atoms with Gasteiger partial charge < -0.3 is 9.47 Å². The van der Waals surface area contributed by atoms with E-state index >= 15 is 0 Å². The van der Waals surface area contributed by atoms with Crippen molar-refractivity contribution >= 4 is 44.8 Å². The molecule has 0 N–H and O–H groups in total. The maximum absolute atomic E-state index is 6.43. The van der Waals surface area contributed by atoms with E-state index in [2.05, 4.69) is 15.9 Å². The Morgan fingerprint density at radius 1 is 1.00 bits per heavy atom. The molecule has 0 aromatic heterocycles. The minimum atomic E-state index is -0.430. The lowest BCUT2D eigenvalue weighted by Gasteiger charge is -2.38. The molecule has 0 saturated carbocycles. The molecule has 3 aromatic carbocycles. The number of benzene rings is 3. The second-order valence-corrected chi connectivity index (χ2v) is 8.98. The zero-order valence-electron chi connectivity index (χ0n) is 16.0. The molecule has 7 heteroatoms. The van der Waals surface area contributed by atoms with Crippen molar-refractivity contribution in [1.82, 2.24) is 5.01 Å². The summed E-state index contributed by atoms with van der Waals surface area (Å²) in [7, 11) is 1.66. The lowest BCUT2D eigenvalue weighted by atomic mass is 9.96. The normalized spacial score (nSPS) is 19.6. The van der Waals surface area contributed by atoms with Crippen molar-refractivity contribution in [3.05, 3.63) is 91.9 Å². The van der Waals surface area contributed by atoms with Crippen molar-refractivity contribution in [1.29, 1.82) is 0 Å². The Kier molecular flexibility index (Phi) is 5.13. The van der Waals surface area contributed by atoms with Crippen LogP contribution in [0.4, 0.5) is 0 Å². The Morgan fingerprint density at radius 2 is 1.77 bits per heavy atom. The van der Waals surface area contributed by atoms with Crippen LogP contribution in [0, 0.1) is 0 Å². The number of hydrogen-bond acceptors (Lipinski definition) is 4. The minimum Gasteiger partial charge on any atom is -0.496 e. The van der Waals surface area contributed by atoms with E-state index in [1.807, 2.05) is 65.7 Å². The molecule has 5 rings (SSSR count). The van der Waals surface area contributed by atoms with E-state index in [9.17, 15) is 0 Å². The minimum absolute atomic E-state index is 0.00631. The molecule has 0 bridgehead atoms. The lowest BCUT2D eigenvalue weighted by Crippen LogP contribution is -2.34. The highest BCUT2D eigenvalue weighted by molar-refractivity contribution is 9.10. The van der Waals surface area contributed by atoms with Crippen LogP contribution in [0.5, 0.6) is 11.5 Å². The summed E-state index contributed by atoms with van der Waals surface area (Å²) in [6, 6.07) is 19.4. The van der Waals surface area contributed by atoms with Gasteiger partial charge in [-0.2, -0.15) is 5.10 Å². The number of fused-ring (bicyclic) bond motifs is 3. The third kappa shape index (κ3) is 3.45. The maximum atomic E-state index is 6.43. The monoisotopic (exact) mass is 502 g/mol. The van der Waals surface area contributed by atoms with Gasteiger partial charge in [-0.25, -0.2) is 5.01 Å². The number of hydrogen-bond donors (Lipinski definition) is 0. The average molecular weight is 504 g/mol. The van der Waals surface area contributed by atoms with Crippen LogP contribution in [0.25, 0.3) is 0 Å². The van der Waals surface area contributed by atoms with E-state index in [1.165, 1.54) is 0 Å². The number of ether oxygens (including phenoxy) is 2. The van der Waals surface area contributed by atoms with Gasteiger partial charge in [0, 0.05) is 26.5 Å². The van der Waals surface area contributed by atoms with Crippen molar-refractivity contribution in [2.24, 2.45) is 5.10 Å². The van der Waals surface area contributed by atoms with Crippen LogP contribution in [0.3, 0.4) is 0 Å². The molecule has 0 fully saturated rings. The Hall–Kier alpha value is -2.21. The third-order valence-corrected chi connectivity index (χ3v) is 6.37. The van der Waals surface area contributed by atoms with Gasteiger partial charge in [0.25, 0.3) is 0 Å². The number of rotatable bonds is 3. The van der Waals surface area contributed by atoms with E-state index < -0.39 is 6.23 Å². The van der Waals surface area contributed by atoms with Crippen LogP contribution < -0.4 is 9.47 Å². The fourth-order valence-corrected chi connectivity index (χ4v) is 4.66. The van der Waals surface area contributed by atoms with E-state index in [-0.39, 0.29) is 6.04 Å². The lowest BCUT2D eigenvalue weighted by molar-refractivity contribution is -0.0203. The van der Waals surface area contributed by atoms with Crippen molar-refractivity contribution in [2.45, 2.75) is 18.7 Å². The third-order valence-electron chi connectivity index (χ3n) is 5.39. The highest BCUT2D eigenvalue weighted by Crippen LogP contribution is 2.49. The first-order chi connectivity index (χ1) is 14.5. The van der Waals surface area contributed by atoms with Gasteiger partial charge in [-0.3, -0.25) is 0 Å². The van der Waals surface area contributed by atoms with Gasteiger partial charge in [0.2, 0.25) is 6.23 Å². The maximum Gasteiger partial charge on any atom is 0.217 e. The van der Waals surface area contributed by atoms with Crippen LogP contribution in [0.2, 0.25) is 10.0 Å². The molecule has 0 radical (unpaired) electrons. The number of methoxy groups -OCH3 is 1. The molecule has 4 nitrogen and oxygen atoms in total. The van der Waals surface area contributed by atoms with Crippen molar-refractivity contribution in [3.63, 3.8) is 0 Å². The Labute approximate surface area is 193 Å². The smallest absolute Gasteiger partial charge is 0.217 e. The Balaban J connectivity index is 1.64. The molecular weight excluding hydrogens is 487 g/mol. The molecule has 0 saturated heterocycles. The van der Waals surface area contributed by atoms with Crippen molar-refractivity contribution in [2.75, 3.05) is 7.11 Å². The first kappa shape index (κ1) is 19.7. The van der Waals surface area contributed by atoms with Gasteiger partial charge in [-0.15, -0.1) is 0 Å². The summed E-state index contributed by atoms with van der Waals surface area (Å²) in [5, 5.41) is 8.35. The Morgan fingerprint density at radius 3 is 2.53 bits per heavy atom. The van der Waals surface area contributed by atoms with E-state index in [4.69, 9.17) is 37.8 Å². The van der Waals surface area contributed by atoms with Gasteiger partial charge in [0.15, 0.2) is 0 Å². The molecule has 2 heterocycles. The predicted octanol–water partition coefficient (Wildman–Crippen LogP) is 7.01. The average Bonchev–Trinajstić information content (AvgIpc) is 3.19. The first-order valence-corrected chi connectivity index (χ1v) is 11.0. The van der Waals surface area contributed by atoms with E-state index in [0.29, 0.717) is 10.0 Å². The summed E-state index contributed by atoms with van der Waals surface area (Å²) in [4.78, 5) is 0. The largest absolute Gasteiger partial charge is 0.496 e. The van der Waals surface area contributed by atoms with Gasteiger partial charge in [-0.05, 0) is 54.1 Å². The van der Waals surface area contributed by atoms with Crippen molar-refractivity contribution < 1.29 is 9.47 Å². The molecule has 152 valence electrons. The summed E-state index contributed by atoms with van der Waals surface area (Å²) >= 11 is 15.9. The molecule has 30 heavy (non-hydrogen) atoms. The topological polar surface area (TPSA) is 34.1 Å². The molecule has 3 aromatic rings. The summed E-state index contributed by atoms with van der Waals surface area (Å²) in [6.45, 7) is 0. The standard InChI is InChI=1S/C23H17BrCl2N2O2/c1-29-21-8-4-14(24)10-18(21)23-28-20(17-11-16(26)7-9-22(17)30-23)12-19(27-28)13-2-5-15(25)6-3-13/h2-11,20,23H,12H2,1H3. The first-order valence-electron chi connectivity index (χ1n) is 9.45. The van der Waals surface area contributed by atoms with Gasteiger partial charge in [0.1, 0.15) is 11.5 Å². The molecular formula is C23H17BrCl2N2O2. The van der Waals surface area contributed by atoms with E-state index in [1.54, 1.807) is 7.11 Å². The zero-order valence-corrected chi connectivity index (χ0v) is 19.1. The summed E-state index contributed by atoms with van der Waals surface area (Å²) < 4.78 is 13.0. The highest BCUT2D eigenvalue weighted by Gasteiger charge is 2.42. The highest BCUT2D eigenvalue weighted by atomic mass is 79.9. The SMILES string of the molecule is COc1ccc(Br)cc1C1Oc2ccc(Cl)cc2C2CC(c3ccc(Cl)cc3)=NN21. The summed E-state index contributed by atoms with van der Waals surface area (Å²) in [5.74, 6) is 1.55. The molecule has 0 amide bonds. The van der Waals surface area contributed by atoms with Crippen LogP contribution in [0.15, 0.2) is 70.2 Å². The second kappa shape index (κ2) is 7.80. The van der Waals surface area contributed by atoms with Crippen LogP contribution in [0.1, 0.15) is 35.4 Å². The quantitative estimate of drug-likeness (QED) is 0.385. The fourth-order valence-electron chi connectivity index (χ4n) is 3.98. The van der Waals surface area contributed by atoms with E-state index in [0.717, 1.165) is 44.8 Å². The molecule has 2 unspecified atom stereocenters. The van der Waals surface area contributed by atoms with Crippen LogP contribution in [-0.4, -0.2) is 17.8 Å². The van der Waals surface area contributed by atoms with Gasteiger partial charge >= 0.3 is 0 Å². The fraction of sp³-hybridized carbons (Fsp3) is 0.174. The molecule has 0 aliphatic carbocycles. The molecule has 0 spiro atoms. The summed E-state index contributed by atoms with van der Waals surface area (Å²) in [6.07, 6.45) is 0.312. The van der Waals surface area contributed by atoms with Gasteiger partial charge in [-0.1, -0.05) is 51.3 Å². The molecule has 2 atom stereocenters. The predicted molar refractivity (Wildman–Crippen MR) is 123 cm³/mol. The second-order valence-electron chi connectivity index (χ2n) is 7.19. The Bertz CT molecular complexity index is 1150. The number of nitrogens with zero attached hydrogens (tertiary/aromatic N) is 2. The number of halogens is 3. The van der Waals surface area contributed by atoms with Crippen LogP contribution >= 0.6 is 39.1 Å². The molecule has 2 aliphatic rings. The van der Waals surface area contributed by atoms with Crippen LogP contribution in [-0.2, 0) is 0 Å². The van der Waals surface area contributed by atoms with Gasteiger partial charge in [0.05, 0.1) is 24.4 Å². The molecule has 2 aliphatic heterocycles. The number of hydrazone groups is 1.